The third-order valence-electron chi connectivity index (χ3n) is 5.56. The lowest BCUT2D eigenvalue weighted by Crippen LogP contribution is -2.34. The summed E-state index contributed by atoms with van der Waals surface area (Å²) in [6.07, 6.45) is 9.14. The van der Waals surface area contributed by atoms with E-state index >= 15 is 0 Å². The second-order valence-electron chi connectivity index (χ2n) is 8.03. The van der Waals surface area contributed by atoms with Gasteiger partial charge in [-0.15, -0.1) is 15.3 Å². The zero-order chi connectivity index (χ0) is 20.2. The Morgan fingerprint density at radius 2 is 1.90 bits per heavy atom. The summed E-state index contributed by atoms with van der Waals surface area (Å²) in [6.45, 7) is 3.97. The number of hydrogen-bond acceptors (Lipinski definition) is 5. The molecule has 1 amide bonds. The fraction of sp³-hybridized carbons (Fsp3) is 0.571. The number of carbonyl (C=O) groups is 1. The summed E-state index contributed by atoms with van der Waals surface area (Å²) in [4.78, 5) is 12.3. The van der Waals surface area contributed by atoms with Crippen LogP contribution in [-0.2, 0) is 11.2 Å². The van der Waals surface area contributed by atoms with Crippen molar-refractivity contribution < 1.29 is 4.79 Å². The van der Waals surface area contributed by atoms with Gasteiger partial charge in [-0.05, 0) is 51.3 Å². The fourth-order valence-electron chi connectivity index (χ4n) is 4.08. The number of amides is 1. The number of carbonyl (C=O) groups excluding carboxylic acids is 1. The molecule has 0 unspecified atom stereocenters. The molecule has 8 heteroatoms. The third-order valence-corrected chi connectivity index (χ3v) is 5.56. The first-order valence-corrected chi connectivity index (χ1v) is 10.6. The van der Waals surface area contributed by atoms with Crippen LogP contribution in [0.2, 0.25) is 0 Å². The van der Waals surface area contributed by atoms with Crippen LogP contribution in [0.25, 0.3) is 11.5 Å². The molecule has 29 heavy (non-hydrogen) atoms. The van der Waals surface area contributed by atoms with E-state index in [1.165, 1.54) is 25.7 Å². The van der Waals surface area contributed by atoms with E-state index < -0.39 is 0 Å². The van der Waals surface area contributed by atoms with Gasteiger partial charge in [0, 0.05) is 24.6 Å². The number of hydrogen-bond donors (Lipinski definition) is 1. The predicted molar refractivity (Wildman–Crippen MR) is 110 cm³/mol. The minimum absolute atomic E-state index is 0.141. The first-order valence-electron chi connectivity index (χ1n) is 10.6. The van der Waals surface area contributed by atoms with Crippen molar-refractivity contribution in [3.8, 4) is 5.82 Å². The lowest BCUT2D eigenvalue weighted by Gasteiger charge is -2.15. The maximum atomic E-state index is 12.3. The first kappa shape index (κ1) is 19.5. The van der Waals surface area contributed by atoms with Crippen molar-refractivity contribution in [2.45, 2.75) is 77.7 Å². The summed E-state index contributed by atoms with van der Waals surface area (Å²) in [5.74, 6) is 1.64. The predicted octanol–water partition coefficient (Wildman–Crippen LogP) is 3.09. The van der Waals surface area contributed by atoms with E-state index in [4.69, 9.17) is 0 Å². The van der Waals surface area contributed by atoms with Crippen LogP contribution >= 0.6 is 0 Å². The Labute approximate surface area is 170 Å². The molecule has 8 nitrogen and oxygen atoms in total. The van der Waals surface area contributed by atoms with Crippen LogP contribution in [0, 0.1) is 13.8 Å². The van der Waals surface area contributed by atoms with Gasteiger partial charge in [0.1, 0.15) is 0 Å². The van der Waals surface area contributed by atoms with Crippen LogP contribution < -0.4 is 5.32 Å². The molecule has 3 heterocycles. The Kier molecular flexibility index (Phi) is 5.87. The Morgan fingerprint density at radius 3 is 2.62 bits per heavy atom. The smallest absolute Gasteiger partial charge is 0.220 e. The Morgan fingerprint density at radius 1 is 1.10 bits per heavy atom. The van der Waals surface area contributed by atoms with E-state index in [0.29, 0.717) is 24.5 Å². The molecule has 154 valence electrons. The zero-order valence-electron chi connectivity index (χ0n) is 17.3. The van der Waals surface area contributed by atoms with Crippen molar-refractivity contribution in [2.24, 2.45) is 0 Å². The van der Waals surface area contributed by atoms with Crippen LogP contribution in [0.5, 0.6) is 0 Å². The summed E-state index contributed by atoms with van der Waals surface area (Å²) < 4.78 is 3.58. The van der Waals surface area contributed by atoms with Gasteiger partial charge in [0.25, 0.3) is 0 Å². The molecule has 0 atom stereocenters. The first-order chi connectivity index (χ1) is 14.1. The number of nitrogens with zero attached hydrogens (tertiary/aromatic N) is 6. The largest absolute Gasteiger partial charge is 0.353 e. The van der Waals surface area contributed by atoms with Gasteiger partial charge in [0.2, 0.25) is 5.91 Å². The van der Waals surface area contributed by atoms with Crippen molar-refractivity contribution in [3.63, 3.8) is 0 Å². The highest BCUT2D eigenvalue weighted by Crippen LogP contribution is 2.17. The molecule has 3 aromatic heterocycles. The minimum Gasteiger partial charge on any atom is -0.353 e. The van der Waals surface area contributed by atoms with Crippen molar-refractivity contribution in [3.05, 3.63) is 35.4 Å². The summed E-state index contributed by atoms with van der Waals surface area (Å²) in [5, 5.41) is 20.8. The van der Waals surface area contributed by atoms with E-state index in [9.17, 15) is 4.79 Å². The topological polar surface area (TPSA) is 90.0 Å². The van der Waals surface area contributed by atoms with Crippen molar-refractivity contribution in [1.82, 2.24) is 34.9 Å². The number of rotatable bonds is 6. The molecule has 1 fully saturated rings. The zero-order valence-corrected chi connectivity index (χ0v) is 17.3. The van der Waals surface area contributed by atoms with Crippen LogP contribution in [0.4, 0.5) is 0 Å². The number of aryl methyl sites for hydroxylation is 3. The number of nitrogens with one attached hydrogen (secondary N) is 1. The van der Waals surface area contributed by atoms with Gasteiger partial charge in [-0.2, -0.15) is 9.61 Å². The van der Waals surface area contributed by atoms with Crippen molar-refractivity contribution in [2.75, 3.05) is 0 Å². The van der Waals surface area contributed by atoms with Gasteiger partial charge in [0.15, 0.2) is 17.3 Å². The minimum atomic E-state index is 0.141. The molecule has 4 rings (SSSR count). The third kappa shape index (κ3) is 4.63. The van der Waals surface area contributed by atoms with Crippen LogP contribution in [0.3, 0.4) is 0 Å². The molecular formula is C21H29N7O. The van der Waals surface area contributed by atoms with Gasteiger partial charge < -0.3 is 5.32 Å². The summed E-state index contributed by atoms with van der Waals surface area (Å²) in [5.41, 5.74) is 2.68. The lowest BCUT2D eigenvalue weighted by atomic mass is 10.1. The molecular weight excluding hydrogens is 366 g/mol. The number of fused-ring (bicyclic) bond motifs is 1. The molecule has 1 aliphatic rings. The number of aromatic nitrogens is 6. The van der Waals surface area contributed by atoms with E-state index in [2.05, 4.69) is 25.7 Å². The SMILES string of the molecule is Cc1cc(C)n(-c2ccc3nnc(CCCC(=O)NC4CCCCCC4)n3n2)n1. The summed E-state index contributed by atoms with van der Waals surface area (Å²) >= 11 is 0. The monoisotopic (exact) mass is 395 g/mol. The lowest BCUT2D eigenvalue weighted by molar-refractivity contribution is -0.122. The van der Waals surface area contributed by atoms with E-state index in [0.717, 1.165) is 42.3 Å². The standard InChI is InChI=1S/C21H29N7O/c1-15-14-16(2)27(25-15)20-13-12-19-24-23-18(28(19)26-20)10-7-11-21(29)22-17-8-5-3-4-6-9-17/h12-14,17H,3-11H2,1-2H3,(H,22,29). The van der Waals surface area contributed by atoms with Gasteiger partial charge in [-0.1, -0.05) is 25.7 Å². The Hall–Kier alpha value is -2.77. The van der Waals surface area contributed by atoms with Crippen LogP contribution in [-0.4, -0.2) is 41.5 Å². The molecule has 0 saturated heterocycles. The van der Waals surface area contributed by atoms with Gasteiger partial charge in [-0.3, -0.25) is 4.79 Å². The van der Waals surface area contributed by atoms with Crippen LogP contribution in [0.1, 0.15) is 68.6 Å². The van der Waals surface area contributed by atoms with E-state index in [-0.39, 0.29) is 5.91 Å². The maximum absolute atomic E-state index is 12.3. The maximum Gasteiger partial charge on any atom is 0.220 e. The van der Waals surface area contributed by atoms with Crippen molar-refractivity contribution in [1.29, 1.82) is 0 Å². The molecule has 0 radical (unpaired) electrons. The Bertz CT molecular complexity index is 982. The molecule has 1 saturated carbocycles. The van der Waals surface area contributed by atoms with Gasteiger partial charge in [0.05, 0.1) is 5.69 Å². The second-order valence-corrected chi connectivity index (χ2v) is 8.03. The molecule has 0 aliphatic heterocycles. The normalized spacial score (nSPS) is 15.5. The molecule has 0 aromatic carbocycles. The fourth-order valence-corrected chi connectivity index (χ4v) is 4.08. The average molecular weight is 396 g/mol. The molecule has 3 aromatic rings. The van der Waals surface area contributed by atoms with Crippen molar-refractivity contribution >= 4 is 11.6 Å². The summed E-state index contributed by atoms with van der Waals surface area (Å²) in [7, 11) is 0. The molecule has 0 spiro atoms. The Balaban J connectivity index is 1.38. The summed E-state index contributed by atoms with van der Waals surface area (Å²) in [6, 6.07) is 6.16. The van der Waals surface area contributed by atoms with Gasteiger partial charge >= 0.3 is 0 Å². The highest BCUT2D eigenvalue weighted by molar-refractivity contribution is 5.76. The highest BCUT2D eigenvalue weighted by Gasteiger charge is 2.15. The second kappa shape index (κ2) is 8.71. The van der Waals surface area contributed by atoms with E-state index in [1.54, 1.807) is 4.52 Å². The molecule has 1 N–H and O–H groups in total. The van der Waals surface area contributed by atoms with Gasteiger partial charge in [-0.25, -0.2) is 4.68 Å². The average Bonchev–Trinajstić information content (AvgIpc) is 3.14. The van der Waals surface area contributed by atoms with E-state index in [1.807, 2.05) is 36.7 Å². The molecule has 0 bridgehead atoms. The molecule has 1 aliphatic carbocycles. The van der Waals surface area contributed by atoms with Crippen LogP contribution in [0.15, 0.2) is 18.2 Å². The highest BCUT2D eigenvalue weighted by atomic mass is 16.1. The quantitative estimate of drug-likeness (QED) is 0.648.